The van der Waals surface area contributed by atoms with Crippen molar-refractivity contribution in [3.8, 4) is 0 Å². The number of hydrogen-bond donors (Lipinski definition) is 2. The van der Waals surface area contributed by atoms with Gasteiger partial charge in [-0.15, -0.1) is 0 Å². The molecule has 0 spiro atoms. The van der Waals surface area contributed by atoms with Crippen LogP contribution in [0.2, 0.25) is 0 Å². The zero-order valence-electron chi connectivity index (χ0n) is 11.0. The van der Waals surface area contributed by atoms with Gasteiger partial charge in [0.25, 0.3) is 5.69 Å². The Hall–Kier alpha value is -1.58. The molecule has 0 heterocycles. The van der Waals surface area contributed by atoms with E-state index in [0.717, 1.165) is 12.1 Å². The molecule has 21 heavy (non-hydrogen) atoms. The lowest BCUT2D eigenvalue weighted by Gasteiger charge is -2.26. The smallest absolute Gasteiger partial charge is 0.272 e. The Bertz CT molecular complexity index is 641. The standard InChI is InChI=1S/C12H15FN2O5S/c13-11-7-9(15(17)18)3-6-12(11)21(19,20)14-8-1-4-10(16)5-2-8/h3,6-8,10,14,16H,1-2,4-5H2. The van der Waals surface area contributed by atoms with Gasteiger partial charge in [-0.2, -0.15) is 0 Å². The molecule has 7 nitrogen and oxygen atoms in total. The monoisotopic (exact) mass is 318 g/mol. The van der Waals surface area contributed by atoms with Gasteiger partial charge in [-0.3, -0.25) is 10.1 Å². The maximum Gasteiger partial charge on any atom is 0.272 e. The van der Waals surface area contributed by atoms with Crippen molar-refractivity contribution in [3.63, 3.8) is 0 Å². The first-order chi connectivity index (χ1) is 9.79. The number of non-ortho nitro benzene ring substituents is 1. The molecule has 1 fully saturated rings. The zero-order chi connectivity index (χ0) is 15.6. The topological polar surface area (TPSA) is 110 Å². The van der Waals surface area contributed by atoms with Gasteiger partial charge in [-0.1, -0.05) is 0 Å². The molecule has 9 heteroatoms. The van der Waals surface area contributed by atoms with Crippen LogP contribution in [0.15, 0.2) is 23.1 Å². The summed E-state index contributed by atoms with van der Waals surface area (Å²) in [6, 6.07) is 2.04. The SMILES string of the molecule is O=[N+]([O-])c1ccc(S(=O)(=O)NC2CCC(O)CC2)c(F)c1. The molecule has 1 saturated carbocycles. The second-order valence-corrected chi connectivity index (χ2v) is 6.68. The Labute approximate surface area is 121 Å². The van der Waals surface area contributed by atoms with Crippen molar-refractivity contribution in [1.82, 2.24) is 4.72 Å². The molecular formula is C12H15FN2O5S. The van der Waals surface area contributed by atoms with Crippen LogP contribution in [0.1, 0.15) is 25.7 Å². The maximum atomic E-state index is 13.8. The minimum atomic E-state index is -4.08. The Morgan fingerprint density at radius 1 is 1.29 bits per heavy atom. The van der Waals surface area contributed by atoms with Crippen molar-refractivity contribution >= 4 is 15.7 Å². The molecule has 116 valence electrons. The molecule has 0 saturated heterocycles. The average molecular weight is 318 g/mol. The molecule has 0 bridgehead atoms. The summed E-state index contributed by atoms with van der Waals surface area (Å²) in [7, 11) is -4.08. The van der Waals surface area contributed by atoms with E-state index in [9.17, 15) is 28.0 Å². The molecule has 0 aromatic heterocycles. The van der Waals surface area contributed by atoms with Crippen molar-refractivity contribution in [1.29, 1.82) is 0 Å². The van der Waals surface area contributed by atoms with E-state index in [4.69, 9.17) is 0 Å². The highest BCUT2D eigenvalue weighted by Gasteiger charge is 2.27. The number of rotatable bonds is 4. The number of aliphatic hydroxyl groups excluding tert-OH is 1. The molecule has 1 aromatic rings. The Kier molecular flexibility index (Phi) is 4.55. The van der Waals surface area contributed by atoms with Gasteiger partial charge < -0.3 is 5.11 Å². The number of nitrogens with zero attached hydrogens (tertiary/aromatic N) is 1. The summed E-state index contributed by atoms with van der Waals surface area (Å²) in [6.07, 6.45) is 1.47. The van der Waals surface area contributed by atoms with E-state index in [0.29, 0.717) is 31.7 Å². The number of halogens is 1. The van der Waals surface area contributed by atoms with Crippen molar-refractivity contribution in [2.24, 2.45) is 0 Å². The van der Waals surface area contributed by atoms with Crippen LogP contribution in [0, 0.1) is 15.9 Å². The van der Waals surface area contributed by atoms with Crippen LogP contribution in [0.25, 0.3) is 0 Å². The van der Waals surface area contributed by atoms with E-state index in [1.807, 2.05) is 0 Å². The number of nitro benzene ring substituents is 1. The van der Waals surface area contributed by atoms with E-state index in [-0.39, 0.29) is 6.04 Å². The highest BCUT2D eigenvalue weighted by Crippen LogP contribution is 2.23. The zero-order valence-corrected chi connectivity index (χ0v) is 11.8. The Morgan fingerprint density at radius 2 is 1.90 bits per heavy atom. The third kappa shape index (κ3) is 3.74. The third-order valence-corrected chi connectivity index (χ3v) is 4.99. The predicted octanol–water partition coefficient (Wildman–Crippen LogP) is 1.32. The van der Waals surface area contributed by atoms with Gasteiger partial charge in [0.1, 0.15) is 10.7 Å². The lowest BCUT2D eigenvalue weighted by atomic mass is 9.94. The second-order valence-electron chi connectivity index (χ2n) is 5.00. The van der Waals surface area contributed by atoms with Gasteiger partial charge in [0.15, 0.2) is 0 Å². The highest BCUT2D eigenvalue weighted by atomic mass is 32.2. The number of nitrogens with one attached hydrogen (secondary N) is 1. The number of sulfonamides is 1. The highest BCUT2D eigenvalue weighted by molar-refractivity contribution is 7.89. The molecule has 1 aromatic carbocycles. The molecule has 0 unspecified atom stereocenters. The van der Waals surface area contributed by atoms with E-state index < -0.39 is 37.5 Å². The van der Waals surface area contributed by atoms with Crippen molar-refractivity contribution in [3.05, 3.63) is 34.1 Å². The maximum absolute atomic E-state index is 13.8. The minimum Gasteiger partial charge on any atom is -0.393 e. The van der Waals surface area contributed by atoms with Gasteiger partial charge in [0.2, 0.25) is 10.0 Å². The van der Waals surface area contributed by atoms with Crippen LogP contribution in [-0.2, 0) is 10.0 Å². The average Bonchev–Trinajstić information content (AvgIpc) is 2.40. The molecular weight excluding hydrogens is 303 g/mol. The van der Waals surface area contributed by atoms with Gasteiger partial charge >= 0.3 is 0 Å². The van der Waals surface area contributed by atoms with Crippen molar-refractivity contribution in [2.45, 2.75) is 42.7 Å². The Balaban J connectivity index is 2.18. The fraction of sp³-hybridized carbons (Fsp3) is 0.500. The molecule has 1 aliphatic carbocycles. The molecule has 2 rings (SSSR count). The fourth-order valence-corrected chi connectivity index (χ4v) is 3.66. The Morgan fingerprint density at radius 3 is 2.43 bits per heavy atom. The molecule has 0 amide bonds. The van der Waals surface area contributed by atoms with E-state index in [2.05, 4.69) is 4.72 Å². The second kappa shape index (κ2) is 6.04. The summed E-state index contributed by atoms with van der Waals surface area (Å²) in [6.45, 7) is 0. The molecule has 2 N–H and O–H groups in total. The molecule has 0 radical (unpaired) electrons. The summed E-state index contributed by atoms with van der Waals surface area (Å²) in [5, 5.41) is 19.9. The fourth-order valence-electron chi connectivity index (χ4n) is 2.30. The quantitative estimate of drug-likeness (QED) is 0.642. The summed E-state index contributed by atoms with van der Waals surface area (Å²) >= 11 is 0. The van der Waals surface area contributed by atoms with Crippen LogP contribution < -0.4 is 4.72 Å². The summed E-state index contributed by atoms with van der Waals surface area (Å²) < 4.78 is 40.3. The number of benzene rings is 1. The normalized spacial score (nSPS) is 23.0. The van der Waals surface area contributed by atoms with E-state index in [1.54, 1.807) is 0 Å². The van der Waals surface area contributed by atoms with Gasteiger partial charge in [-0.25, -0.2) is 17.5 Å². The first-order valence-electron chi connectivity index (χ1n) is 6.44. The summed E-state index contributed by atoms with van der Waals surface area (Å²) in [5.41, 5.74) is -0.507. The number of hydrogen-bond acceptors (Lipinski definition) is 5. The van der Waals surface area contributed by atoms with E-state index in [1.165, 1.54) is 0 Å². The first kappa shape index (κ1) is 15.8. The minimum absolute atomic E-state index is 0.368. The van der Waals surface area contributed by atoms with Crippen LogP contribution in [0.5, 0.6) is 0 Å². The van der Waals surface area contributed by atoms with Gasteiger partial charge in [0, 0.05) is 12.1 Å². The molecule has 0 aliphatic heterocycles. The van der Waals surface area contributed by atoms with Crippen LogP contribution in [-0.4, -0.2) is 30.6 Å². The van der Waals surface area contributed by atoms with Gasteiger partial charge in [-0.05, 0) is 31.7 Å². The van der Waals surface area contributed by atoms with Gasteiger partial charge in [0.05, 0.1) is 17.1 Å². The summed E-state index contributed by atoms with van der Waals surface area (Å²) in [5.74, 6) is -1.16. The summed E-state index contributed by atoms with van der Waals surface area (Å²) in [4.78, 5) is 9.10. The molecule has 0 atom stereocenters. The lowest BCUT2D eigenvalue weighted by Crippen LogP contribution is -2.38. The van der Waals surface area contributed by atoms with Crippen LogP contribution in [0.3, 0.4) is 0 Å². The largest absolute Gasteiger partial charge is 0.393 e. The van der Waals surface area contributed by atoms with Crippen LogP contribution in [0.4, 0.5) is 10.1 Å². The van der Waals surface area contributed by atoms with Crippen LogP contribution >= 0.6 is 0 Å². The predicted molar refractivity (Wildman–Crippen MR) is 71.6 cm³/mol. The third-order valence-electron chi connectivity index (χ3n) is 3.43. The number of aliphatic hydroxyl groups is 1. The number of nitro groups is 1. The first-order valence-corrected chi connectivity index (χ1v) is 7.92. The molecule has 1 aliphatic rings. The van der Waals surface area contributed by atoms with E-state index >= 15 is 0 Å². The van der Waals surface area contributed by atoms with Crippen molar-refractivity contribution < 1.29 is 22.8 Å². The van der Waals surface area contributed by atoms with Crippen molar-refractivity contribution in [2.75, 3.05) is 0 Å². The lowest BCUT2D eigenvalue weighted by molar-refractivity contribution is -0.385.